The first-order valence-electron chi connectivity index (χ1n) is 22.6. The minimum Gasteiger partial charge on any atom is -0.459 e. The maximum atomic E-state index is 14.4. The van der Waals surface area contributed by atoms with Gasteiger partial charge in [0, 0.05) is 62.9 Å². The van der Waals surface area contributed by atoms with Crippen LogP contribution in [-0.2, 0) is 33.2 Å². The van der Waals surface area contributed by atoms with Crippen molar-refractivity contribution in [3.63, 3.8) is 0 Å². The highest BCUT2D eigenvalue weighted by atomic mass is 127. The zero-order valence-electron chi connectivity index (χ0n) is 40.0. The van der Waals surface area contributed by atoms with E-state index in [2.05, 4.69) is 27.9 Å². The molecule has 20 heteroatoms. The Bertz CT molecular complexity index is 1730. The summed E-state index contributed by atoms with van der Waals surface area (Å²) in [5.41, 5.74) is -4.49. The number of nitro groups is 1. The molecule has 0 saturated carbocycles. The number of hydrogen-bond acceptors (Lipinski definition) is 17. The van der Waals surface area contributed by atoms with Crippen molar-refractivity contribution in [3.05, 3.63) is 39.9 Å². The molecule has 4 rings (SSSR count). The number of amides is 1. The molecule has 1 aromatic carbocycles. The number of methoxy groups -OCH3 is 1. The van der Waals surface area contributed by atoms with Crippen LogP contribution in [0.25, 0.3) is 0 Å². The van der Waals surface area contributed by atoms with Crippen LogP contribution in [0.4, 0.5) is 5.69 Å². The SMILES string of the molecule is CC[C@H]1OC(=O)[C@H](C)[C@@H](O[C@H]2C[C@@](C)(OC)[C@@H](O)[C@H](C)O2)[C@H](I)[C@@H](O[C@@H]2O[C@H](C)C[C@H](N(C)CCNC(=O)c3ccc([N+](=O)[O-])cc3)[C@H]2O)[C@](C)(O)C[C@@H](C)CN(C)[C@H](C)[C@@H](O)[C@]1(C)O. The van der Waals surface area contributed by atoms with Crippen molar-refractivity contribution >= 4 is 40.2 Å². The van der Waals surface area contributed by atoms with Crippen LogP contribution in [-0.4, -0.2) is 187 Å². The second-order valence-corrected chi connectivity index (χ2v) is 20.8. The van der Waals surface area contributed by atoms with Gasteiger partial charge in [0.05, 0.1) is 44.3 Å². The third-order valence-electron chi connectivity index (χ3n) is 13.8. The number of nitro benzene ring substituents is 1. The number of aliphatic hydroxyl groups is 5. The lowest BCUT2D eigenvalue weighted by atomic mass is 9.83. The molecule has 1 amide bonds. The lowest BCUT2D eigenvalue weighted by Crippen LogP contribution is -2.61. The average molecular weight is 1040 g/mol. The van der Waals surface area contributed by atoms with Gasteiger partial charge in [-0.25, -0.2) is 0 Å². The van der Waals surface area contributed by atoms with Crippen molar-refractivity contribution in [2.45, 2.75) is 182 Å². The summed E-state index contributed by atoms with van der Waals surface area (Å²) in [6.07, 6.45) is -9.70. The molecule has 0 spiro atoms. The topological polar surface area (TPSA) is 252 Å². The van der Waals surface area contributed by atoms with Gasteiger partial charge in [-0.2, -0.15) is 0 Å². The molecule has 372 valence electrons. The number of rotatable bonds is 12. The number of carbonyl (C=O) groups is 2. The van der Waals surface area contributed by atoms with E-state index < -0.39 is 117 Å². The summed E-state index contributed by atoms with van der Waals surface area (Å²) >= 11 is 2.10. The molecule has 3 fully saturated rings. The number of carbonyl (C=O) groups excluding carboxylic acids is 2. The molecule has 19 nitrogen and oxygen atoms in total. The molecule has 3 aliphatic rings. The van der Waals surface area contributed by atoms with Crippen LogP contribution < -0.4 is 5.32 Å². The summed E-state index contributed by atoms with van der Waals surface area (Å²) in [5, 5.41) is 73.1. The van der Waals surface area contributed by atoms with Crippen LogP contribution in [0.5, 0.6) is 0 Å². The zero-order chi connectivity index (χ0) is 48.9. The van der Waals surface area contributed by atoms with Crippen LogP contribution in [0.1, 0.15) is 98.4 Å². The van der Waals surface area contributed by atoms with Gasteiger partial charge in [-0.15, -0.1) is 0 Å². The summed E-state index contributed by atoms with van der Waals surface area (Å²) < 4.78 is 37.0. The van der Waals surface area contributed by atoms with E-state index >= 15 is 0 Å². The number of halogens is 1. The van der Waals surface area contributed by atoms with E-state index in [0.29, 0.717) is 19.5 Å². The Kier molecular flexibility index (Phi) is 19.6. The van der Waals surface area contributed by atoms with Gasteiger partial charge in [0.1, 0.15) is 36.1 Å². The van der Waals surface area contributed by atoms with E-state index in [4.69, 9.17) is 28.4 Å². The molecule has 0 bridgehead atoms. The Morgan fingerprint density at radius 1 is 1.03 bits per heavy atom. The highest BCUT2D eigenvalue weighted by molar-refractivity contribution is 14.1. The van der Waals surface area contributed by atoms with Gasteiger partial charge in [-0.05, 0) is 99.9 Å². The molecule has 1 aromatic rings. The summed E-state index contributed by atoms with van der Waals surface area (Å²) in [6, 6.07) is 4.15. The first-order chi connectivity index (χ1) is 30.2. The highest BCUT2D eigenvalue weighted by Crippen LogP contribution is 2.40. The number of nitrogens with one attached hydrogen (secondary N) is 1. The lowest BCUT2D eigenvalue weighted by molar-refractivity contribution is -0.384. The number of benzene rings is 1. The van der Waals surface area contributed by atoms with Gasteiger partial charge in [0.2, 0.25) is 0 Å². The van der Waals surface area contributed by atoms with Gasteiger partial charge >= 0.3 is 5.97 Å². The van der Waals surface area contributed by atoms with Gasteiger partial charge in [-0.3, -0.25) is 24.6 Å². The first-order valence-corrected chi connectivity index (χ1v) is 23.9. The molecule has 3 heterocycles. The first kappa shape index (κ1) is 55.4. The van der Waals surface area contributed by atoms with Crippen molar-refractivity contribution in [2.75, 3.05) is 40.8 Å². The van der Waals surface area contributed by atoms with E-state index in [9.17, 15) is 45.2 Å². The maximum absolute atomic E-state index is 14.4. The van der Waals surface area contributed by atoms with Crippen LogP contribution in [0.3, 0.4) is 0 Å². The monoisotopic (exact) mass is 1040 g/mol. The Balaban J connectivity index is 1.70. The Morgan fingerprint density at radius 3 is 2.25 bits per heavy atom. The lowest BCUT2D eigenvalue weighted by Gasteiger charge is -2.48. The van der Waals surface area contributed by atoms with Crippen molar-refractivity contribution in [1.82, 2.24) is 15.1 Å². The number of esters is 1. The van der Waals surface area contributed by atoms with Crippen molar-refractivity contribution in [3.8, 4) is 0 Å². The number of cyclic esters (lactones) is 1. The summed E-state index contributed by atoms with van der Waals surface area (Å²) in [7, 11) is 5.09. The number of aliphatic hydroxyl groups excluding tert-OH is 3. The van der Waals surface area contributed by atoms with E-state index in [1.807, 2.05) is 30.7 Å². The van der Waals surface area contributed by atoms with Crippen molar-refractivity contribution < 1.29 is 68.5 Å². The van der Waals surface area contributed by atoms with E-state index in [0.717, 1.165) is 0 Å². The molecule has 0 aromatic heterocycles. The second kappa shape index (κ2) is 22.9. The molecule has 3 saturated heterocycles. The molecule has 0 aliphatic carbocycles. The standard InChI is InChI=1S/C45H75IN4O15/c1-13-32-45(9,57)37(52)27(5)49(11)23-24(2)21-43(7,56)39(34(46)36(26(4)41(55)63-32)64-33-22-44(8,60-12)38(53)28(6)62-33)65-42-35(51)31(20-25(3)61-42)48(10)19-18-47-40(54)29-14-16-30(17-15-29)50(58)59/h14-17,24-28,31-39,42,51-53,56-57H,13,18-23H2,1-12H3,(H,47,54)/t24-,25-,26-,27-,28+,31+,32-,33+,34+,35-,36-,37-,38+,39-,42+,43-,44-,45-/m1/s1. The van der Waals surface area contributed by atoms with Gasteiger partial charge in [0.15, 0.2) is 12.6 Å². The predicted octanol–water partition coefficient (Wildman–Crippen LogP) is 2.78. The Labute approximate surface area is 397 Å². The number of ether oxygens (including phenoxy) is 6. The van der Waals surface area contributed by atoms with Gasteiger partial charge in [-0.1, -0.05) is 36.4 Å². The summed E-state index contributed by atoms with van der Waals surface area (Å²) in [4.78, 5) is 41.5. The van der Waals surface area contributed by atoms with Crippen molar-refractivity contribution in [1.29, 1.82) is 0 Å². The fourth-order valence-electron chi connectivity index (χ4n) is 9.51. The normalized spacial score (nSPS) is 41.8. The smallest absolute Gasteiger partial charge is 0.311 e. The molecular formula is C45H75IN4O15. The molecule has 0 unspecified atom stereocenters. The number of hydrogen-bond donors (Lipinski definition) is 6. The largest absolute Gasteiger partial charge is 0.459 e. The quantitative estimate of drug-likeness (QED) is 0.0579. The van der Waals surface area contributed by atoms with Crippen LogP contribution >= 0.6 is 22.6 Å². The molecule has 6 N–H and O–H groups in total. The minimum absolute atomic E-state index is 0.0720. The summed E-state index contributed by atoms with van der Waals surface area (Å²) in [5.74, 6) is -2.49. The van der Waals surface area contributed by atoms with E-state index in [1.54, 1.807) is 48.6 Å². The van der Waals surface area contributed by atoms with Gasteiger partial charge < -0.3 is 64.2 Å². The highest BCUT2D eigenvalue weighted by Gasteiger charge is 2.53. The molecule has 65 heavy (non-hydrogen) atoms. The van der Waals surface area contributed by atoms with E-state index in [-0.39, 0.29) is 43.0 Å². The number of alkyl halides is 1. The van der Waals surface area contributed by atoms with E-state index in [1.165, 1.54) is 38.3 Å². The van der Waals surface area contributed by atoms with Crippen LogP contribution in [0.15, 0.2) is 24.3 Å². The zero-order valence-corrected chi connectivity index (χ0v) is 42.1. The number of nitrogens with zero attached hydrogens (tertiary/aromatic N) is 3. The molecule has 18 atom stereocenters. The molecule has 0 radical (unpaired) electrons. The number of likely N-dealkylation sites (N-methyl/N-ethyl adjacent to an activating group) is 2. The van der Waals surface area contributed by atoms with Crippen LogP contribution in [0, 0.1) is 22.0 Å². The molecule has 3 aliphatic heterocycles. The second-order valence-electron chi connectivity index (χ2n) is 19.3. The van der Waals surface area contributed by atoms with Gasteiger partial charge in [0.25, 0.3) is 11.6 Å². The minimum atomic E-state index is -1.86. The third kappa shape index (κ3) is 13.3. The average Bonchev–Trinajstić information content (AvgIpc) is 3.24. The third-order valence-corrected chi connectivity index (χ3v) is 15.2. The predicted molar refractivity (Wildman–Crippen MR) is 247 cm³/mol. The fourth-order valence-corrected chi connectivity index (χ4v) is 11.2. The Hall–Kier alpha value is -2.19. The fraction of sp³-hybridized carbons (Fsp3) is 0.822. The Morgan fingerprint density at radius 2 is 1.66 bits per heavy atom. The van der Waals surface area contributed by atoms with Crippen LogP contribution in [0.2, 0.25) is 0 Å². The van der Waals surface area contributed by atoms with Crippen molar-refractivity contribution in [2.24, 2.45) is 11.8 Å². The number of non-ortho nitro benzene ring substituents is 1. The maximum Gasteiger partial charge on any atom is 0.311 e. The molecular weight excluding hydrogens is 963 g/mol. The summed E-state index contributed by atoms with van der Waals surface area (Å²) in [6.45, 7) is 16.3.